The maximum absolute atomic E-state index is 10.9. The first-order valence-electron chi connectivity index (χ1n) is 6.46. The topological polar surface area (TPSA) is 41.6 Å². The Bertz CT molecular complexity index is 422. The molecule has 1 aromatic carbocycles. The lowest BCUT2D eigenvalue weighted by Crippen LogP contribution is -2.46. The molecule has 0 saturated carbocycles. The first-order chi connectivity index (χ1) is 9.13. The van der Waals surface area contributed by atoms with Crippen LogP contribution in [0.4, 0.5) is 0 Å². The van der Waals surface area contributed by atoms with E-state index in [-0.39, 0.29) is 12.0 Å². The van der Waals surface area contributed by atoms with Crippen LogP contribution in [0.25, 0.3) is 0 Å². The number of nitrogens with zero attached hydrogens (tertiary/aromatic N) is 1. The van der Waals surface area contributed by atoms with E-state index < -0.39 is 0 Å². The van der Waals surface area contributed by atoms with Crippen LogP contribution in [-0.4, -0.2) is 43.2 Å². The van der Waals surface area contributed by atoms with E-state index in [1.807, 2.05) is 24.3 Å². The van der Waals surface area contributed by atoms with Crippen LogP contribution in [-0.2, 0) is 16.1 Å². The smallest absolute Gasteiger partial charge is 0.216 e. The fourth-order valence-corrected chi connectivity index (χ4v) is 2.28. The highest BCUT2D eigenvalue weighted by atomic mass is 35.5. The minimum Gasteiger partial charge on any atom is -0.374 e. The van der Waals surface area contributed by atoms with Gasteiger partial charge in [-0.2, -0.15) is 0 Å². The van der Waals surface area contributed by atoms with E-state index in [0.29, 0.717) is 13.2 Å². The van der Waals surface area contributed by atoms with Crippen LogP contribution >= 0.6 is 11.6 Å². The summed E-state index contributed by atoms with van der Waals surface area (Å²) in [6.07, 6.45) is 0.0740. The number of amides is 1. The summed E-state index contributed by atoms with van der Waals surface area (Å²) < 4.78 is 5.64. The zero-order valence-electron chi connectivity index (χ0n) is 11.1. The molecule has 1 aliphatic rings. The van der Waals surface area contributed by atoms with Gasteiger partial charge in [0.05, 0.1) is 12.7 Å². The predicted molar refractivity (Wildman–Crippen MR) is 75.2 cm³/mol. The van der Waals surface area contributed by atoms with Crippen molar-refractivity contribution in [1.29, 1.82) is 0 Å². The van der Waals surface area contributed by atoms with Crippen molar-refractivity contribution in [2.75, 3.05) is 26.2 Å². The van der Waals surface area contributed by atoms with Crippen LogP contribution in [0.5, 0.6) is 0 Å². The molecule has 4 nitrogen and oxygen atoms in total. The number of hydrogen-bond donors (Lipinski definition) is 1. The highest BCUT2D eigenvalue weighted by molar-refractivity contribution is 6.30. The summed E-state index contributed by atoms with van der Waals surface area (Å²) in [5.74, 6) is -0.0153. The normalized spacial score (nSPS) is 20.2. The third kappa shape index (κ3) is 4.82. The minimum atomic E-state index is -0.0153. The van der Waals surface area contributed by atoms with E-state index in [1.54, 1.807) is 0 Å². The predicted octanol–water partition coefficient (Wildman–Crippen LogP) is 1.68. The summed E-state index contributed by atoms with van der Waals surface area (Å²) in [6.45, 7) is 5.44. The van der Waals surface area contributed by atoms with Gasteiger partial charge in [-0.25, -0.2) is 0 Å². The summed E-state index contributed by atoms with van der Waals surface area (Å²) in [7, 11) is 0. The molecular formula is C14H19ClN2O2. The van der Waals surface area contributed by atoms with Gasteiger partial charge >= 0.3 is 0 Å². The van der Waals surface area contributed by atoms with Crippen LogP contribution in [0.1, 0.15) is 12.5 Å². The monoisotopic (exact) mass is 282 g/mol. The molecule has 1 fully saturated rings. The summed E-state index contributed by atoms with van der Waals surface area (Å²) in [5, 5.41) is 3.56. The zero-order chi connectivity index (χ0) is 13.7. The van der Waals surface area contributed by atoms with Gasteiger partial charge < -0.3 is 10.1 Å². The molecule has 104 valence electrons. The van der Waals surface area contributed by atoms with Gasteiger partial charge in [0.1, 0.15) is 0 Å². The lowest BCUT2D eigenvalue weighted by Gasteiger charge is -2.33. The van der Waals surface area contributed by atoms with E-state index in [2.05, 4.69) is 10.2 Å². The molecule has 1 aromatic rings. The Hall–Kier alpha value is -1.10. The molecule has 0 aromatic heterocycles. The second-order valence-electron chi connectivity index (χ2n) is 4.79. The SMILES string of the molecule is CC(=O)NCC1CN(Cc2ccc(Cl)cc2)CCO1. The van der Waals surface area contributed by atoms with Crippen LogP contribution in [0.3, 0.4) is 0 Å². The second kappa shape index (κ2) is 6.89. The average Bonchev–Trinajstić information content (AvgIpc) is 2.40. The molecule has 0 spiro atoms. The Labute approximate surface area is 118 Å². The Kier molecular flexibility index (Phi) is 5.19. The number of nitrogens with one attached hydrogen (secondary N) is 1. The average molecular weight is 283 g/mol. The van der Waals surface area contributed by atoms with Crippen LogP contribution in [0.15, 0.2) is 24.3 Å². The van der Waals surface area contributed by atoms with Crippen molar-refractivity contribution >= 4 is 17.5 Å². The van der Waals surface area contributed by atoms with Crippen molar-refractivity contribution in [3.05, 3.63) is 34.9 Å². The largest absolute Gasteiger partial charge is 0.374 e. The summed E-state index contributed by atoms with van der Waals surface area (Å²) in [6, 6.07) is 7.90. The first kappa shape index (κ1) is 14.3. The van der Waals surface area contributed by atoms with Gasteiger partial charge in [-0.05, 0) is 17.7 Å². The Morgan fingerprint density at radius 1 is 1.47 bits per heavy atom. The van der Waals surface area contributed by atoms with Crippen LogP contribution in [0, 0.1) is 0 Å². The molecule has 2 rings (SSSR count). The maximum atomic E-state index is 10.9. The fraction of sp³-hybridized carbons (Fsp3) is 0.500. The van der Waals surface area contributed by atoms with Crippen molar-refractivity contribution < 1.29 is 9.53 Å². The molecular weight excluding hydrogens is 264 g/mol. The summed E-state index contributed by atoms with van der Waals surface area (Å²) in [5.41, 5.74) is 1.24. The standard InChI is InChI=1S/C14H19ClN2O2/c1-11(18)16-8-14-10-17(6-7-19-14)9-12-2-4-13(15)5-3-12/h2-5,14H,6-10H2,1H3,(H,16,18). The van der Waals surface area contributed by atoms with Gasteiger partial charge in [0, 0.05) is 38.1 Å². The molecule has 0 radical (unpaired) electrons. The van der Waals surface area contributed by atoms with Crippen molar-refractivity contribution in [3.63, 3.8) is 0 Å². The number of carbonyl (C=O) groups excluding carboxylic acids is 1. The quantitative estimate of drug-likeness (QED) is 0.914. The lowest BCUT2D eigenvalue weighted by molar-refractivity contribution is -0.120. The molecule has 1 saturated heterocycles. The zero-order valence-corrected chi connectivity index (χ0v) is 11.8. The molecule has 0 bridgehead atoms. The summed E-state index contributed by atoms with van der Waals surface area (Å²) >= 11 is 5.87. The van der Waals surface area contributed by atoms with E-state index in [4.69, 9.17) is 16.3 Å². The third-order valence-electron chi connectivity index (χ3n) is 3.12. The number of ether oxygens (including phenoxy) is 1. The number of hydrogen-bond acceptors (Lipinski definition) is 3. The van der Waals surface area contributed by atoms with Crippen molar-refractivity contribution in [1.82, 2.24) is 10.2 Å². The van der Waals surface area contributed by atoms with E-state index in [1.165, 1.54) is 12.5 Å². The minimum absolute atomic E-state index is 0.0153. The highest BCUT2D eigenvalue weighted by Crippen LogP contribution is 2.13. The molecule has 1 N–H and O–H groups in total. The number of halogens is 1. The van der Waals surface area contributed by atoms with E-state index >= 15 is 0 Å². The molecule has 0 aliphatic carbocycles. The Morgan fingerprint density at radius 3 is 2.89 bits per heavy atom. The molecule has 1 amide bonds. The fourth-order valence-electron chi connectivity index (χ4n) is 2.15. The summed E-state index contributed by atoms with van der Waals surface area (Å²) in [4.78, 5) is 13.2. The first-order valence-corrected chi connectivity index (χ1v) is 6.84. The molecule has 1 heterocycles. The Morgan fingerprint density at radius 2 is 2.21 bits per heavy atom. The van der Waals surface area contributed by atoms with Gasteiger partial charge in [0.15, 0.2) is 0 Å². The van der Waals surface area contributed by atoms with Crippen molar-refractivity contribution in [3.8, 4) is 0 Å². The Balaban J connectivity index is 1.83. The van der Waals surface area contributed by atoms with Gasteiger partial charge in [-0.15, -0.1) is 0 Å². The van der Waals surface area contributed by atoms with E-state index in [9.17, 15) is 4.79 Å². The second-order valence-corrected chi connectivity index (χ2v) is 5.23. The lowest BCUT2D eigenvalue weighted by atomic mass is 10.2. The van der Waals surface area contributed by atoms with Gasteiger partial charge in [0.25, 0.3) is 0 Å². The number of rotatable bonds is 4. The van der Waals surface area contributed by atoms with Crippen molar-refractivity contribution in [2.45, 2.75) is 19.6 Å². The number of carbonyl (C=O) groups is 1. The van der Waals surface area contributed by atoms with Crippen LogP contribution < -0.4 is 5.32 Å². The molecule has 1 aliphatic heterocycles. The molecule has 1 atom stereocenters. The van der Waals surface area contributed by atoms with Crippen LogP contribution in [0.2, 0.25) is 5.02 Å². The number of benzene rings is 1. The van der Waals surface area contributed by atoms with Crippen molar-refractivity contribution in [2.24, 2.45) is 0 Å². The third-order valence-corrected chi connectivity index (χ3v) is 3.37. The molecule has 19 heavy (non-hydrogen) atoms. The van der Waals surface area contributed by atoms with Gasteiger partial charge in [0.2, 0.25) is 5.91 Å². The molecule has 1 unspecified atom stereocenters. The molecule has 5 heteroatoms. The number of morpholine rings is 1. The van der Waals surface area contributed by atoms with Gasteiger partial charge in [-0.1, -0.05) is 23.7 Å². The van der Waals surface area contributed by atoms with Gasteiger partial charge in [-0.3, -0.25) is 9.69 Å². The van der Waals surface area contributed by atoms with E-state index in [0.717, 1.165) is 24.7 Å². The highest BCUT2D eigenvalue weighted by Gasteiger charge is 2.20. The maximum Gasteiger partial charge on any atom is 0.216 e.